The van der Waals surface area contributed by atoms with Crippen molar-refractivity contribution in [2.75, 3.05) is 147 Å². The number of hydroxylamine groups is 1. The van der Waals surface area contributed by atoms with Crippen LogP contribution in [0.15, 0.2) is 35.1 Å². The van der Waals surface area contributed by atoms with E-state index >= 15 is 0 Å². The van der Waals surface area contributed by atoms with Crippen LogP contribution in [0.4, 0.5) is 14.4 Å². The molecule has 0 spiro atoms. The number of aliphatic hydroxyl groups is 6. The molecule has 1 aromatic carbocycles. The summed E-state index contributed by atoms with van der Waals surface area (Å²) in [6.45, 7) is 13.6. The summed E-state index contributed by atoms with van der Waals surface area (Å²) in [5, 5.41) is 77.6. The van der Waals surface area contributed by atoms with Crippen LogP contribution in [0.25, 0.3) is 0 Å². The Bertz CT molecular complexity index is 4130. The number of likely N-dealkylation sites (N-methyl/N-ethyl adjacent to an activating group) is 1. The fraction of sp³-hybridized carbons (Fsp3) is 0.706. The van der Waals surface area contributed by atoms with Gasteiger partial charge in [0.25, 0.3) is 0 Å². The van der Waals surface area contributed by atoms with Crippen molar-refractivity contribution in [3.8, 4) is 52.8 Å². The molecular weight excluding hydrogens is 1840 g/mol. The van der Waals surface area contributed by atoms with Crippen molar-refractivity contribution < 1.29 is 154 Å². The second-order valence-corrected chi connectivity index (χ2v) is 36.7. The first-order valence-electron chi connectivity index (χ1n) is 42.1. The first-order chi connectivity index (χ1) is 60.9. The third-order valence-corrected chi connectivity index (χ3v) is 28.1. The van der Waals surface area contributed by atoms with Crippen molar-refractivity contribution in [2.24, 2.45) is 17.8 Å². The minimum atomic E-state index is -2.26. The van der Waals surface area contributed by atoms with Gasteiger partial charge in [0, 0.05) is 87.6 Å². The van der Waals surface area contributed by atoms with Crippen LogP contribution < -0.4 is 41.0 Å². The van der Waals surface area contributed by atoms with Crippen molar-refractivity contribution in [3.63, 3.8) is 0 Å². The number of amides is 5. The number of methoxy groups -OCH3 is 5. The summed E-state index contributed by atoms with van der Waals surface area (Å²) in [4.78, 5) is 102. The normalized spacial score (nSPS) is 30.3. The SMILES string of the molecule is CCN(C(=O)CNC(=O)OCCOCCOCCOCCNC(=O)OCC1[C@H]2CCC#CCC[C@@H]12)[C@H]1CO[C@@H](OC2[C@H](O[C@H]3C#C/C=C\C#C[C@@]4(O)CC(=O)C(NC(=O)OC)=C3/C4=C\CSSC(C)(C)CC(=O)NCCOCCO)OC(C)[C@@H](NO[C@H]3C[C@@H](O)[C@H](SC(=O)c4c(C)c(I)c(O[C@@H]5OC(C)[C@H](O)C(OC)[C@@H]5O)c(OC)c4OC)C(C)O3)[C@@H]2O)CC1OC. The first kappa shape index (κ1) is 104. The molecule has 2 bridgehead atoms. The summed E-state index contributed by atoms with van der Waals surface area (Å²) in [6, 6.07) is -2.05. The highest BCUT2D eigenvalue weighted by atomic mass is 127. The van der Waals surface area contributed by atoms with Gasteiger partial charge in [-0.25, -0.2) is 14.4 Å². The number of benzene rings is 1. The number of hydrogen-bond donors (Lipinski definition) is 11. The Morgan fingerprint density at radius 3 is 2.06 bits per heavy atom. The molecule has 0 aromatic heterocycles. The Balaban J connectivity index is 0.856. The number of carbonyl (C=O) groups is 7. The number of allylic oxidation sites excluding steroid dienone is 3. The average Bonchev–Trinajstić information content (AvgIpc) is 1.53. The lowest BCUT2D eigenvalue weighted by Gasteiger charge is -2.47. The molecule has 4 saturated heterocycles. The molecule has 127 heavy (non-hydrogen) atoms. The molecule has 708 valence electrons. The molecule has 22 atom stereocenters. The van der Waals surface area contributed by atoms with Crippen molar-refractivity contribution in [1.82, 2.24) is 31.6 Å². The number of rotatable bonds is 45. The van der Waals surface area contributed by atoms with Gasteiger partial charge < -0.3 is 137 Å². The van der Waals surface area contributed by atoms with Gasteiger partial charge in [0.05, 0.1) is 163 Å². The summed E-state index contributed by atoms with van der Waals surface area (Å²) < 4.78 is 106. The quantitative estimate of drug-likeness (QED) is 0.0111. The van der Waals surface area contributed by atoms with E-state index in [1.165, 1.54) is 67.1 Å². The second-order valence-electron chi connectivity index (χ2n) is 31.4. The number of fused-ring (bicyclic) bond motifs is 3. The van der Waals surface area contributed by atoms with E-state index in [0.29, 0.717) is 33.5 Å². The minimum Gasteiger partial charge on any atom is -0.492 e. The fourth-order valence-corrected chi connectivity index (χ4v) is 19.8. The average molecular weight is 1960 g/mol. The molecule has 1 aromatic rings. The monoisotopic (exact) mass is 1960 g/mol. The van der Waals surface area contributed by atoms with E-state index in [4.69, 9.17) is 95.2 Å². The number of ether oxygens (including phenoxy) is 18. The number of Topliss-reactive ketones (excluding diaryl/α,β-unsaturated/α-hetero) is 1. The zero-order valence-corrected chi connectivity index (χ0v) is 78.0. The molecule has 5 amide bonds. The number of nitrogens with zero attached hydrogens (tertiary/aromatic N) is 1. The zero-order valence-electron chi connectivity index (χ0n) is 73.4. The van der Waals surface area contributed by atoms with E-state index in [1.54, 1.807) is 40.7 Å². The van der Waals surface area contributed by atoms with Gasteiger partial charge in [-0.2, -0.15) is 5.48 Å². The van der Waals surface area contributed by atoms with Crippen LogP contribution in [0.5, 0.6) is 17.2 Å². The molecule has 0 radical (unpaired) electrons. The van der Waals surface area contributed by atoms with Gasteiger partial charge in [0.1, 0.15) is 49.8 Å². The first-order valence-corrected chi connectivity index (χ1v) is 46.4. The lowest BCUT2D eigenvalue weighted by atomic mass is 9.75. The van der Waals surface area contributed by atoms with Gasteiger partial charge in [-0.1, -0.05) is 63.1 Å². The Hall–Kier alpha value is -6.41. The maximum atomic E-state index is 14.7. The largest absolute Gasteiger partial charge is 0.492 e. The standard InChI is InChI=1S/C85H121IN6O32S3/c1-13-92(61(97)44-89-82(103)115-38-37-114-36-35-113-34-33-112-31-28-88-81(102)117-45-53-51-22-18-14-15-19-23-52(51)53)55-46-116-62(41-59(55)106-8)122-75-70(99)67(91-124-63-40-56(94)77(50(5)118-63)126-78(101)64-47(2)66(86)73(76(109-11)72(64)107-9)123-79-71(100)74(108-10)69(98)49(4)120-79)48(3)119-80(75)121-58-24-20-16-17-21-26-85(105)42-57(95)68(90-83(104)110-12)65(58)54(85)25-39-125-127-84(6,7)43-60(96)87-27-30-111-32-29-93/h16-17,25,48-53,55-56,58-59,62-63,67,69-71,74-75,77,79-80,91,93-94,98-100,105H,13,18-19,22-23,27-46H2,1-12H3,(H,87,96)(H,88,102)(H,89,103)(H,90,104)/b17-16-,54-25+/t48?,49?,50?,51-,52+,53?,55-,56+,58-,59?,62-,63-,67+,69-,70-,71-,74?,75?,77+,79-,80-,85+/m0/s1. The lowest BCUT2D eigenvalue weighted by Crippen LogP contribution is -2.65. The number of hydrogen-bond acceptors (Lipinski definition) is 36. The number of ketones is 1. The Morgan fingerprint density at radius 1 is 0.732 bits per heavy atom. The third-order valence-electron chi connectivity index (χ3n) is 22.2. The van der Waals surface area contributed by atoms with E-state index in [0.717, 1.165) is 44.6 Å². The fourth-order valence-electron chi connectivity index (χ4n) is 15.7. The van der Waals surface area contributed by atoms with Crippen molar-refractivity contribution in [3.05, 3.63) is 49.8 Å². The molecule has 5 fully saturated rings. The van der Waals surface area contributed by atoms with Crippen LogP contribution in [0.3, 0.4) is 0 Å². The Labute approximate surface area is 765 Å². The van der Waals surface area contributed by atoms with Crippen LogP contribution in [-0.2, 0) is 90.3 Å². The molecule has 7 unspecified atom stereocenters. The van der Waals surface area contributed by atoms with Crippen LogP contribution in [0.2, 0.25) is 0 Å². The van der Waals surface area contributed by atoms with Crippen LogP contribution in [0.1, 0.15) is 109 Å². The highest BCUT2D eigenvalue weighted by molar-refractivity contribution is 14.1. The summed E-state index contributed by atoms with van der Waals surface area (Å²) >= 11 is 2.75. The molecule has 4 heterocycles. The van der Waals surface area contributed by atoms with Crippen LogP contribution >= 0.6 is 55.9 Å². The van der Waals surface area contributed by atoms with Crippen LogP contribution in [0, 0.1) is 63.8 Å². The van der Waals surface area contributed by atoms with E-state index in [-0.39, 0.29) is 163 Å². The predicted molar refractivity (Wildman–Crippen MR) is 467 cm³/mol. The van der Waals surface area contributed by atoms with Crippen molar-refractivity contribution in [1.29, 1.82) is 0 Å². The zero-order chi connectivity index (χ0) is 92.1. The molecule has 8 aliphatic rings. The van der Waals surface area contributed by atoms with Gasteiger partial charge >= 0.3 is 18.3 Å². The Kier molecular flexibility index (Phi) is 42.4. The molecule has 1 saturated carbocycles. The van der Waals surface area contributed by atoms with Gasteiger partial charge in [-0.05, 0) is 119 Å². The molecule has 9 rings (SSSR count). The van der Waals surface area contributed by atoms with Gasteiger partial charge in [-0.15, -0.1) is 11.8 Å². The number of carbonyl (C=O) groups excluding carboxylic acids is 7. The van der Waals surface area contributed by atoms with Gasteiger partial charge in [-0.3, -0.25) is 29.3 Å². The predicted octanol–water partition coefficient (Wildman–Crippen LogP) is 3.39. The molecule has 4 aliphatic heterocycles. The van der Waals surface area contributed by atoms with E-state index in [1.807, 2.05) is 36.4 Å². The highest BCUT2D eigenvalue weighted by Gasteiger charge is 2.54. The maximum Gasteiger partial charge on any atom is 0.411 e. The highest BCUT2D eigenvalue weighted by Crippen LogP contribution is 2.53. The Morgan fingerprint density at radius 2 is 1.39 bits per heavy atom. The number of thioether (sulfide) groups is 1. The number of aliphatic hydroxyl groups excluding tert-OH is 5. The molecule has 42 heteroatoms. The smallest absolute Gasteiger partial charge is 0.411 e. The topological polar surface area (TPSA) is 480 Å². The second kappa shape index (κ2) is 51.6. The minimum absolute atomic E-state index is 0.00702. The molecule has 38 nitrogen and oxygen atoms in total. The van der Waals surface area contributed by atoms with Crippen molar-refractivity contribution >= 4 is 96.9 Å². The number of nitrogens with one attached hydrogen (secondary N) is 5. The van der Waals surface area contributed by atoms with E-state index in [2.05, 4.69) is 62.3 Å². The third kappa shape index (κ3) is 29.3. The number of halogens is 1. The van der Waals surface area contributed by atoms with Gasteiger partial charge in [0.2, 0.25) is 29.0 Å². The summed E-state index contributed by atoms with van der Waals surface area (Å²) in [6.07, 6.45) is -14.4. The van der Waals surface area contributed by atoms with E-state index < -0.39 is 168 Å². The maximum absolute atomic E-state index is 14.7. The summed E-state index contributed by atoms with van der Waals surface area (Å²) in [5.41, 5.74) is 0.532. The molecule has 11 N–H and O–H groups in total. The molecular formula is C85H121IN6O32S3. The van der Waals surface area contributed by atoms with Gasteiger partial charge in [0.15, 0.2) is 41.8 Å². The molecule has 4 aliphatic carbocycles. The lowest BCUT2D eigenvalue weighted by molar-refractivity contribution is -0.337. The van der Waals surface area contributed by atoms with Crippen LogP contribution in [-0.4, -0.2) is 343 Å². The van der Waals surface area contributed by atoms with Crippen molar-refractivity contribution in [2.45, 2.75) is 220 Å². The number of alkyl carbamates (subject to hydrolysis) is 3. The summed E-state index contributed by atoms with van der Waals surface area (Å²) in [5.74, 6) is 18.0. The summed E-state index contributed by atoms with van der Waals surface area (Å²) in [7, 11) is 9.18. The van der Waals surface area contributed by atoms with E-state index in [9.17, 15) is 59.1 Å².